The molecule has 0 saturated heterocycles. The molecule has 0 saturated carbocycles. The van der Waals surface area contributed by atoms with Crippen LogP contribution in [0.15, 0.2) is 30.3 Å². The molecule has 2 heterocycles. The van der Waals surface area contributed by atoms with E-state index in [1.165, 1.54) is 7.11 Å². The monoisotopic (exact) mass is 324 g/mol. The van der Waals surface area contributed by atoms with E-state index in [9.17, 15) is 4.79 Å². The third-order valence-electron chi connectivity index (χ3n) is 4.29. The Bertz CT molecular complexity index is 860. The van der Waals surface area contributed by atoms with Crippen LogP contribution in [0.5, 0.6) is 11.5 Å². The quantitative estimate of drug-likeness (QED) is 0.787. The maximum atomic E-state index is 11.7. The molecule has 24 heavy (non-hydrogen) atoms. The molecule has 2 aliphatic heterocycles. The van der Waals surface area contributed by atoms with Gasteiger partial charge in [0.15, 0.2) is 11.5 Å². The highest BCUT2D eigenvalue weighted by Gasteiger charge is 2.22. The lowest BCUT2D eigenvalue weighted by molar-refractivity contribution is 0.0600. The van der Waals surface area contributed by atoms with Gasteiger partial charge in [-0.25, -0.2) is 4.79 Å². The molecule has 2 aromatic carbocycles. The van der Waals surface area contributed by atoms with Crippen LogP contribution in [0.25, 0.3) is 0 Å². The van der Waals surface area contributed by atoms with Crippen molar-refractivity contribution in [3.63, 3.8) is 0 Å². The van der Waals surface area contributed by atoms with Crippen molar-refractivity contribution in [3.05, 3.63) is 58.1 Å². The van der Waals surface area contributed by atoms with E-state index in [2.05, 4.69) is 5.32 Å². The van der Waals surface area contributed by atoms with Crippen molar-refractivity contribution in [1.82, 2.24) is 5.32 Å². The van der Waals surface area contributed by atoms with Gasteiger partial charge in [-0.05, 0) is 41.0 Å². The van der Waals surface area contributed by atoms with Crippen molar-refractivity contribution in [2.24, 2.45) is 0 Å². The summed E-state index contributed by atoms with van der Waals surface area (Å²) in [6.07, 6.45) is 0. The first-order chi connectivity index (χ1) is 11.7. The number of carbonyl (C=O) groups excluding carboxylic acids is 1. The van der Waals surface area contributed by atoms with Crippen LogP contribution in [0.3, 0.4) is 0 Å². The minimum absolute atomic E-state index is 0.329. The van der Waals surface area contributed by atoms with E-state index in [1.54, 1.807) is 12.1 Å². The summed E-state index contributed by atoms with van der Waals surface area (Å²) in [4.78, 5) is 11.7. The second-order valence-electron chi connectivity index (χ2n) is 5.74. The van der Waals surface area contributed by atoms with Gasteiger partial charge < -0.3 is 19.5 Å². The van der Waals surface area contributed by atoms with Crippen molar-refractivity contribution in [3.8, 4) is 11.5 Å². The van der Waals surface area contributed by atoms with E-state index in [4.69, 9.17) is 19.6 Å². The van der Waals surface area contributed by atoms with Gasteiger partial charge in [-0.3, -0.25) is 5.41 Å². The molecule has 6 heteroatoms. The van der Waals surface area contributed by atoms with Gasteiger partial charge >= 0.3 is 5.97 Å². The molecule has 4 rings (SSSR count). The van der Waals surface area contributed by atoms with Gasteiger partial charge in [-0.1, -0.05) is 6.07 Å². The summed E-state index contributed by atoms with van der Waals surface area (Å²) in [6.45, 7) is 1.36. The number of nitrogens with one attached hydrogen (secondary N) is 2. The minimum Gasteiger partial charge on any atom is -0.485 e. The molecule has 2 aromatic rings. The first kappa shape index (κ1) is 14.6. The predicted molar refractivity (Wildman–Crippen MR) is 86.6 cm³/mol. The van der Waals surface area contributed by atoms with Crippen molar-refractivity contribution in [2.45, 2.75) is 19.8 Å². The largest absolute Gasteiger partial charge is 0.485 e. The van der Waals surface area contributed by atoms with Crippen molar-refractivity contribution in [2.75, 3.05) is 7.11 Å². The number of rotatable bonds is 1. The lowest BCUT2D eigenvalue weighted by atomic mass is 10.0. The Morgan fingerprint density at radius 1 is 1.08 bits per heavy atom. The van der Waals surface area contributed by atoms with Crippen molar-refractivity contribution >= 4 is 11.8 Å². The normalized spacial score (nSPS) is 14.8. The average molecular weight is 324 g/mol. The summed E-state index contributed by atoms with van der Waals surface area (Å²) in [5, 5.41) is 10.9. The Hall–Kier alpha value is -3.02. The zero-order chi connectivity index (χ0) is 16.7. The molecule has 0 radical (unpaired) electrons. The molecule has 0 aromatic heterocycles. The second kappa shape index (κ2) is 5.56. The highest BCUT2D eigenvalue weighted by Crippen LogP contribution is 2.35. The van der Waals surface area contributed by atoms with Crippen LogP contribution in [0, 0.1) is 5.41 Å². The molecule has 0 fully saturated rings. The molecule has 0 amide bonds. The van der Waals surface area contributed by atoms with Gasteiger partial charge in [0.2, 0.25) is 0 Å². The average Bonchev–Trinajstić information content (AvgIpc) is 2.95. The van der Waals surface area contributed by atoms with Crippen LogP contribution in [-0.2, 0) is 24.5 Å². The van der Waals surface area contributed by atoms with Crippen LogP contribution in [0.1, 0.15) is 32.6 Å². The third kappa shape index (κ3) is 2.36. The fourth-order valence-corrected chi connectivity index (χ4v) is 2.94. The third-order valence-corrected chi connectivity index (χ3v) is 4.29. The zero-order valence-corrected chi connectivity index (χ0v) is 13.1. The van der Waals surface area contributed by atoms with Crippen molar-refractivity contribution < 1.29 is 19.0 Å². The lowest BCUT2D eigenvalue weighted by Crippen LogP contribution is -2.13. The first-order valence-corrected chi connectivity index (χ1v) is 7.61. The number of hydrogen-bond acceptors (Lipinski definition) is 5. The van der Waals surface area contributed by atoms with Crippen LogP contribution in [0.2, 0.25) is 0 Å². The molecule has 6 nitrogen and oxygen atoms in total. The summed E-state index contributed by atoms with van der Waals surface area (Å²) in [7, 11) is 1.36. The van der Waals surface area contributed by atoms with E-state index >= 15 is 0 Å². The van der Waals surface area contributed by atoms with Gasteiger partial charge in [0.25, 0.3) is 0 Å². The Morgan fingerprint density at radius 2 is 1.83 bits per heavy atom. The first-order valence-electron chi connectivity index (χ1n) is 7.61. The molecule has 122 valence electrons. The SMILES string of the molecule is COC(=O)c1ccc2c(c1)COc1cc3c(cc1OC2)CNC3=N. The van der Waals surface area contributed by atoms with E-state index < -0.39 is 0 Å². The van der Waals surface area contributed by atoms with Crippen LogP contribution < -0.4 is 14.8 Å². The fourth-order valence-electron chi connectivity index (χ4n) is 2.94. The number of esters is 1. The van der Waals surface area contributed by atoms with Gasteiger partial charge in [0, 0.05) is 12.1 Å². The Labute approximate surface area is 138 Å². The van der Waals surface area contributed by atoms with Crippen LogP contribution >= 0.6 is 0 Å². The minimum atomic E-state index is -0.376. The zero-order valence-electron chi connectivity index (χ0n) is 13.1. The maximum absolute atomic E-state index is 11.7. The Kier molecular flexibility index (Phi) is 3.37. The smallest absolute Gasteiger partial charge is 0.337 e. The van der Waals surface area contributed by atoms with E-state index in [0.29, 0.717) is 42.7 Å². The molecular formula is C18H16N2O4. The number of fused-ring (bicyclic) bond motifs is 3. The number of carbonyl (C=O) groups is 1. The standard InChI is InChI=1S/C18H16N2O4/c1-22-18(21)10-2-3-11-8-23-15-5-12-7-20-17(19)14(12)6-16(15)24-9-13(11)4-10/h2-6H,7-9H2,1H3,(H2,19,20). The van der Waals surface area contributed by atoms with Gasteiger partial charge in [0.05, 0.1) is 12.7 Å². The summed E-state index contributed by atoms with van der Waals surface area (Å²) < 4.78 is 16.6. The summed E-state index contributed by atoms with van der Waals surface area (Å²) >= 11 is 0. The van der Waals surface area contributed by atoms with E-state index in [0.717, 1.165) is 22.3 Å². The van der Waals surface area contributed by atoms with E-state index in [1.807, 2.05) is 18.2 Å². The summed E-state index contributed by atoms with van der Waals surface area (Å²) in [6, 6.07) is 9.12. The fraction of sp³-hybridized carbons (Fsp3) is 0.222. The van der Waals surface area contributed by atoms with Crippen molar-refractivity contribution in [1.29, 1.82) is 5.41 Å². The number of methoxy groups -OCH3 is 1. The summed E-state index contributed by atoms with van der Waals surface area (Å²) in [5.74, 6) is 1.30. The van der Waals surface area contributed by atoms with Gasteiger partial charge in [-0.15, -0.1) is 0 Å². The molecule has 0 bridgehead atoms. The van der Waals surface area contributed by atoms with Gasteiger partial charge in [-0.2, -0.15) is 0 Å². The Morgan fingerprint density at radius 3 is 2.62 bits per heavy atom. The summed E-state index contributed by atoms with van der Waals surface area (Å²) in [5.41, 5.74) is 4.21. The lowest BCUT2D eigenvalue weighted by Gasteiger charge is -2.20. The van der Waals surface area contributed by atoms with E-state index in [-0.39, 0.29) is 5.97 Å². The number of hydrogen-bond donors (Lipinski definition) is 2. The maximum Gasteiger partial charge on any atom is 0.337 e. The van der Waals surface area contributed by atoms with Crippen LogP contribution in [-0.4, -0.2) is 18.9 Å². The van der Waals surface area contributed by atoms with Crippen LogP contribution in [0.4, 0.5) is 0 Å². The molecule has 0 spiro atoms. The predicted octanol–water partition coefficient (Wildman–Crippen LogP) is 2.37. The molecule has 0 aliphatic carbocycles. The number of benzene rings is 2. The number of ether oxygens (including phenoxy) is 3. The molecule has 2 N–H and O–H groups in total. The van der Waals surface area contributed by atoms with Gasteiger partial charge in [0.1, 0.15) is 19.0 Å². The second-order valence-corrected chi connectivity index (χ2v) is 5.74. The Balaban J connectivity index is 1.68. The highest BCUT2D eigenvalue weighted by molar-refractivity contribution is 6.01. The number of amidine groups is 1. The molecular weight excluding hydrogens is 308 g/mol. The molecule has 0 atom stereocenters. The highest BCUT2D eigenvalue weighted by atomic mass is 16.5. The topological polar surface area (TPSA) is 80.6 Å². The molecule has 2 aliphatic rings. The molecule has 0 unspecified atom stereocenters.